The summed E-state index contributed by atoms with van der Waals surface area (Å²) >= 11 is 0. The first-order valence-corrected chi connectivity index (χ1v) is 9.30. The first kappa shape index (κ1) is 29.6. The number of hydrogen-bond acceptors (Lipinski definition) is 4. The van der Waals surface area contributed by atoms with Gasteiger partial charge in [0.25, 0.3) is 0 Å². The van der Waals surface area contributed by atoms with Gasteiger partial charge in [-0.15, -0.1) is 0 Å². The van der Waals surface area contributed by atoms with Crippen LogP contribution >= 0.6 is 0 Å². The van der Waals surface area contributed by atoms with Crippen molar-refractivity contribution in [2.45, 2.75) is 87.9 Å². The van der Waals surface area contributed by atoms with Gasteiger partial charge in [0.2, 0.25) is 0 Å². The number of carboxylic acids is 2. The number of rotatable bonds is 7. The first-order valence-electron chi connectivity index (χ1n) is 9.30. The summed E-state index contributed by atoms with van der Waals surface area (Å²) in [5.41, 5.74) is -0.418. The maximum absolute atomic E-state index is 10.0. The van der Waals surface area contributed by atoms with E-state index in [1.807, 2.05) is 27.7 Å². The Bertz CT molecular complexity index is 368. The lowest BCUT2D eigenvalue weighted by Crippen LogP contribution is -2.43. The lowest BCUT2D eigenvalue weighted by atomic mass is 9.74. The summed E-state index contributed by atoms with van der Waals surface area (Å²) < 4.78 is 0. The lowest BCUT2D eigenvalue weighted by Gasteiger charge is -2.38. The van der Waals surface area contributed by atoms with E-state index in [0.29, 0.717) is 5.92 Å². The van der Waals surface area contributed by atoms with E-state index in [0.717, 1.165) is 6.42 Å². The predicted octanol–water partition coefficient (Wildman–Crippen LogP) is 3.89. The van der Waals surface area contributed by atoms with Gasteiger partial charge in [0, 0.05) is 5.41 Å². The average Bonchev–Trinajstić information content (AvgIpc) is 2.46. The summed E-state index contributed by atoms with van der Waals surface area (Å²) in [7, 11) is 0. The monoisotopic (exact) mass is 378 g/mol. The molecule has 0 bridgehead atoms. The first-order chi connectivity index (χ1) is 11.5. The third-order valence-corrected chi connectivity index (χ3v) is 3.94. The van der Waals surface area contributed by atoms with Gasteiger partial charge in [-0.05, 0) is 18.3 Å². The van der Waals surface area contributed by atoms with Gasteiger partial charge in [0.1, 0.15) is 0 Å². The van der Waals surface area contributed by atoms with Gasteiger partial charge in [0.05, 0.1) is 24.0 Å². The standard InChI is InChI=1S/C12H26O2.2C4H8O2/c1-8(2)7-10(13)12(5,6)11(14)9(3)4;2*1-3(2)4(5)6/h8-11,13-14H,7H2,1-6H3;2*3H,1-2H3,(H,5,6). The summed E-state index contributed by atoms with van der Waals surface area (Å²) in [6.45, 7) is 18.6. The summed E-state index contributed by atoms with van der Waals surface area (Å²) in [6, 6.07) is 0. The van der Waals surface area contributed by atoms with Crippen molar-refractivity contribution in [3.8, 4) is 0 Å². The summed E-state index contributed by atoms with van der Waals surface area (Å²) in [6.07, 6.45) is -0.132. The van der Waals surface area contributed by atoms with Gasteiger partial charge >= 0.3 is 11.9 Å². The molecule has 0 aromatic heterocycles. The SMILES string of the molecule is CC(C)C(=O)O.CC(C)C(=O)O.CC(C)CC(O)C(C)(C)C(O)C(C)C. The molecule has 26 heavy (non-hydrogen) atoms. The van der Waals surface area contributed by atoms with Crippen molar-refractivity contribution >= 4 is 11.9 Å². The zero-order valence-electron chi connectivity index (χ0n) is 18.3. The molecule has 2 unspecified atom stereocenters. The van der Waals surface area contributed by atoms with Crippen LogP contribution < -0.4 is 0 Å². The van der Waals surface area contributed by atoms with Gasteiger partial charge in [0.15, 0.2) is 0 Å². The highest BCUT2D eigenvalue weighted by Crippen LogP contribution is 2.32. The molecule has 6 heteroatoms. The number of aliphatic hydroxyl groups excluding tert-OH is 2. The molecule has 0 saturated heterocycles. The van der Waals surface area contributed by atoms with E-state index in [4.69, 9.17) is 10.2 Å². The van der Waals surface area contributed by atoms with Crippen LogP contribution in [0.5, 0.6) is 0 Å². The molecule has 0 spiro atoms. The van der Waals surface area contributed by atoms with Gasteiger partial charge in [-0.2, -0.15) is 0 Å². The number of hydrogen-bond donors (Lipinski definition) is 4. The Balaban J connectivity index is -0.000000364. The van der Waals surface area contributed by atoms with E-state index < -0.39 is 29.6 Å². The third kappa shape index (κ3) is 15.1. The molecule has 0 radical (unpaired) electrons. The van der Waals surface area contributed by atoms with Crippen molar-refractivity contribution in [1.29, 1.82) is 0 Å². The molecule has 2 atom stereocenters. The predicted molar refractivity (Wildman–Crippen MR) is 105 cm³/mol. The Morgan fingerprint density at radius 1 is 0.769 bits per heavy atom. The smallest absolute Gasteiger partial charge is 0.305 e. The Labute approximate surface area is 159 Å². The molecule has 0 aliphatic heterocycles. The van der Waals surface area contributed by atoms with E-state index in [-0.39, 0.29) is 17.8 Å². The van der Waals surface area contributed by atoms with Crippen LogP contribution in [-0.2, 0) is 9.59 Å². The number of carboxylic acid groups (broad SMARTS) is 2. The zero-order valence-corrected chi connectivity index (χ0v) is 18.3. The van der Waals surface area contributed by atoms with Crippen LogP contribution in [0.1, 0.15) is 75.7 Å². The van der Waals surface area contributed by atoms with Crippen molar-refractivity contribution < 1.29 is 30.0 Å². The van der Waals surface area contributed by atoms with Crippen LogP contribution in [0.15, 0.2) is 0 Å². The van der Waals surface area contributed by atoms with Gasteiger partial charge < -0.3 is 20.4 Å². The van der Waals surface area contributed by atoms with Crippen LogP contribution in [0, 0.1) is 29.1 Å². The number of aliphatic hydroxyl groups is 2. The van der Waals surface area contributed by atoms with Crippen molar-refractivity contribution in [1.82, 2.24) is 0 Å². The molecule has 158 valence electrons. The Kier molecular flexibility index (Phi) is 15.9. The Morgan fingerprint density at radius 3 is 1.19 bits per heavy atom. The largest absolute Gasteiger partial charge is 0.481 e. The van der Waals surface area contributed by atoms with E-state index in [1.165, 1.54) is 0 Å². The minimum absolute atomic E-state index is 0.187. The van der Waals surface area contributed by atoms with Gasteiger partial charge in [-0.3, -0.25) is 9.59 Å². The lowest BCUT2D eigenvalue weighted by molar-refractivity contribution is -0.141. The highest BCUT2D eigenvalue weighted by atomic mass is 16.4. The van der Waals surface area contributed by atoms with Crippen molar-refractivity contribution in [3.05, 3.63) is 0 Å². The fraction of sp³-hybridized carbons (Fsp3) is 0.900. The van der Waals surface area contributed by atoms with Crippen molar-refractivity contribution in [2.24, 2.45) is 29.1 Å². The average molecular weight is 379 g/mol. The Hall–Kier alpha value is -1.14. The summed E-state index contributed by atoms with van der Waals surface area (Å²) in [5, 5.41) is 36.0. The molecule has 0 amide bonds. The molecule has 6 nitrogen and oxygen atoms in total. The molecule has 0 rings (SSSR count). The quantitative estimate of drug-likeness (QED) is 0.534. The molecule has 0 saturated carbocycles. The second-order valence-electron chi connectivity index (χ2n) is 8.64. The number of aliphatic carboxylic acids is 2. The fourth-order valence-electron chi connectivity index (χ4n) is 1.81. The van der Waals surface area contributed by atoms with Crippen LogP contribution in [0.25, 0.3) is 0 Å². The molecule has 0 aliphatic carbocycles. The molecule has 4 N–H and O–H groups in total. The molecular weight excluding hydrogens is 336 g/mol. The molecule has 0 aliphatic rings. The molecular formula is C20H42O6. The van der Waals surface area contributed by atoms with Crippen LogP contribution in [0.2, 0.25) is 0 Å². The minimum atomic E-state index is -0.741. The topological polar surface area (TPSA) is 115 Å². The number of carbonyl (C=O) groups is 2. The molecule has 0 aromatic carbocycles. The van der Waals surface area contributed by atoms with E-state index in [2.05, 4.69) is 13.8 Å². The highest BCUT2D eigenvalue weighted by molar-refractivity contribution is 5.69. The normalized spacial score (nSPS) is 13.7. The van der Waals surface area contributed by atoms with E-state index in [1.54, 1.807) is 27.7 Å². The van der Waals surface area contributed by atoms with Crippen LogP contribution in [0.3, 0.4) is 0 Å². The summed E-state index contributed by atoms with van der Waals surface area (Å²) in [4.78, 5) is 19.4. The van der Waals surface area contributed by atoms with Crippen LogP contribution in [-0.4, -0.2) is 44.6 Å². The second-order valence-corrected chi connectivity index (χ2v) is 8.64. The van der Waals surface area contributed by atoms with E-state index >= 15 is 0 Å². The second kappa shape index (κ2) is 14.0. The maximum atomic E-state index is 10.0. The molecule has 0 heterocycles. The minimum Gasteiger partial charge on any atom is -0.481 e. The van der Waals surface area contributed by atoms with Crippen molar-refractivity contribution in [3.63, 3.8) is 0 Å². The highest BCUT2D eigenvalue weighted by Gasteiger charge is 2.37. The fourth-order valence-corrected chi connectivity index (χ4v) is 1.81. The van der Waals surface area contributed by atoms with E-state index in [9.17, 15) is 19.8 Å². The van der Waals surface area contributed by atoms with Crippen LogP contribution in [0.4, 0.5) is 0 Å². The van der Waals surface area contributed by atoms with Gasteiger partial charge in [-0.1, -0.05) is 69.2 Å². The van der Waals surface area contributed by atoms with Crippen molar-refractivity contribution in [2.75, 3.05) is 0 Å². The molecule has 0 aromatic rings. The Morgan fingerprint density at radius 2 is 1.04 bits per heavy atom. The summed E-state index contributed by atoms with van der Waals surface area (Å²) in [5.74, 6) is -1.30. The van der Waals surface area contributed by atoms with Gasteiger partial charge in [-0.25, -0.2) is 0 Å². The molecule has 0 fully saturated rings. The zero-order chi connectivity index (χ0) is 21.8. The maximum Gasteiger partial charge on any atom is 0.305 e. The third-order valence-electron chi connectivity index (χ3n) is 3.94.